The van der Waals surface area contributed by atoms with Gasteiger partial charge in [0.25, 0.3) is 0 Å². The third-order valence-corrected chi connectivity index (χ3v) is 6.58. The Balaban J connectivity index is 0.000000611. The van der Waals surface area contributed by atoms with Crippen LogP contribution in [0.3, 0.4) is 0 Å². The first-order valence-corrected chi connectivity index (χ1v) is 13.7. The van der Waals surface area contributed by atoms with Crippen molar-refractivity contribution in [1.29, 1.82) is 0 Å². The first kappa shape index (κ1) is 31.9. The molecule has 0 spiro atoms. The molecule has 0 radical (unpaired) electrons. The van der Waals surface area contributed by atoms with Crippen molar-refractivity contribution in [3.63, 3.8) is 0 Å². The standard InChI is InChI=1S/C20H27N6O5P.C4H4O4/c1-4-29-20(27)15(3)25-32(28,31-16-8-6-5-7-9-16)13-30-14(2)10-26-12-24-17-18(21)22-11-23-19(17)26;5-3(6)1-2-4(7)8/h5-9,11-12,14-15H,4,10,13H2,1-3H3,(H,25,28)(H2,21,22,23);1-2H,(H,5,6)(H,7,8)/b;2-1+/t14-,15+,32?;/m1./s1. The Kier molecular flexibility index (Phi) is 12.2. The summed E-state index contributed by atoms with van der Waals surface area (Å²) in [5, 5.41) is 18.4. The third kappa shape index (κ3) is 10.4. The number of aliphatic carboxylic acids is 2. The van der Waals surface area contributed by atoms with Crippen molar-refractivity contribution >= 4 is 42.4 Å². The molecule has 0 saturated heterocycles. The van der Waals surface area contributed by atoms with Gasteiger partial charge in [0.15, 0.2) is 11.5 Å². The number of imidazole rings is 1. The van der Waals surface area contributed by atoms with Gasteiger partial charge in [-0.05, 0) is 32.9 Å². The lowest BCUT2D eigenvalue weighted by Crippen LogP contribution is -2.36. The van der Waals surface area contributed by atoms with Gasteiger partial charge in [-0.15, -0.1) is 0 Å². The van der Waals surface area contributed by atoms with Gasteiger partial charge in [-0.2, -0.15) is 0 Å². The van der Waals surface area contributed by atoms with E-state index in [4.69, 9.17) is 29.9 Å². The van der Waals surface area contributed by atoms with E-state index in [9.17, 15) is 18.9 Å². The Morgan fingerprint density at radius 3 is 2.35 bits per heavy atom. The molecule has 2 heterocycles. The van der Waals surface area contributed by atoms with Crippen LogP contribution in [0.25, 0.3) is 11.2 Å². The minimum atomic E-state index is -3.62. The number of anilines is 1. The van der Waals surface area contributed by atoms with E-state index in [1.165, 1.54) is 6.33 Å². The van der Waals surface area contributed by atoms with Crippen molar-refractivity contribution in [2.24, 2.45) is 0 Å². The number of ether oxygens (including phenoxy) is 2. The number of nitrogens with zero attached hydrogens (tertiary/aromatic N) is 4. The highest BCUT2D eigenvalue weighted by atomic mass is 31.2. The molecule has 16 heteroatoms. The van der Waals surface area contributed by atoms with Crippen molar-refractivity contribution in [2.75, 3.05) is 18.7 Å². The summed E-state index contributed by atoms with van der Waals surface area (Å²) in [4.78, 5) is 43.5. The number of nitrogens with two attached hydrogens (primary N) is 1. The van der Waals surface area contributed by atoms with Crippen LogP contribution in [-0.4, -0.2) is 72.7 Å². The van der Waals surface area contributed by atoms with Crippen molar-refractivity contribution in [3.05, 3.63) is 55.1 Å². The Hall–Kier alpha value is -4.33. The van der Waals surface area contributed by atoms with Gasteiger partial charge in [0.05, 0.1) is 25.6 Å². The van der Waals surface area contributed by atoms with E-state index in [0.29, 0.717) is 41.4 Å². The minimum Gasteiger partial charge on any atom is -0.478 e. The van der Waals surface area contributed by atoms with Crippen LogP contribution in [0.15, 0.2) is 55.1 Å². The first-order valence-electron chi connectivity index (χ1n) is 11.9. The van der Waals surface area contributed by atoms with Crippen LogP contribution in [-0.2, 0) is 35.0 Å². The Labute approximate surface area is 229 Å². The number of carbonyl (C=O) groups excluding carboxylic acids is 1. The molecular formula is C24H31N6O9P. The predicted octanol–water partition coefficient (Wildman–Crippen LogP) is 2.30. The quantitative estimate of drug-likeness (QED) is 0.130. The highest BCUT2D eigenvalue weighted by Crippen LogP contribution is 2.44. The smallest absolute Gasteiger partial charge is 0.342 e. The summed E-state index contributed by atoms with van der Waals surface area (Å²) in [5.41, 5.74) is 6.90. The number of benzene rings is 1. The number of hydrogen-bond donors (Lipinski definition) is 4. The number of aromatic nitrogens is 4. The monoisotopic (exact) mass is 578 g/mol. The van der Waals surface area contributed by atoms with Gasteiger partial charge in [0.2, 0.25) is 0 Å². The molecule has 40 heavy (non-hydrogen) atoms. The molecule has 0 amide bonds. The van der Waals surface area contributed by atoms with E-state index in [0.717, 1.165) is 0 Å². The predicted molar refractivity (Wildman–Crippen MR) is 143 cm³/mol. The summed E-state index contributed by atoms with van der Waals surface area (Å²) in [6.45, 7) is 5.68. The molecule has 1 aromatic carbocycles. The fourth-order valence-corrected chi connectivity index (χ4v) is 4.88. The van der Waals surface area contributed by atoms with Gasteiger partial charge in [0.1, 0.15) is 30.0 Å². The van der Waals surface area contributed by atoms with Crippen LogP contribution in [0.1, 0.15) is 20.8 Å². The van der Waals surface area contributed by atoms with Crippen molar-refractivity contribution < 1.29 is 43.2 Å². The fraction of sp³-hybridized carbons (Fsp3) is 0.333. The summed E-state index contributed by atoms with van der Waals surface area (Å²) in [5.74, 6) is -2.36. The number of esters is 1. The number of nitrogen functional groups attached to an aromatic ring is 1. The lowest BCUT2D eigenvalue weighted by molar-refractivity contribution is -0.144. The van der Waals surface area contributed by atoms with E-state index < -0.39 is 31.5 Å². The third-order valence-electron chi connectivity index (χ3n) is 4.81. The van der Waals surface area contributed by atoms with E-state index in [-0.39, 0.29) is 19.1 Å². The summed E-state index contributed by atoms with van der Waals surface area (Å²) in [6, 6.07) is 7.84. The van der Waals surface area contributed by atoms with Crippen LogP contribution in [0.4, 0.5) is 5.82 Å². The number of nitrogens with one attached hydrogen (secondary N) is 1. The number of rotatable bonds is 13. The summed E-state index contributed by atoms with van der Waals surface area (Å²) in [6.07, 6.45) is 3.43. The normalized spacial score (nSPS) is 14.0. The maximum Gasteiger partial charge on any atom is 0.342 e. The zero-order chi connectivity index (χ0) is 29.7. The first-order chi connectivity index (χ1) is 18.9. The van der Waals surface area contributed by atoms with E-state index in [1.54, 1.807) is 49.0 Å². The lowest BCUT2D eigenvalue weighted by atomic mass is 10.3. The maximum absolute atomic E-state index is 13.5. The van der Waals surface area contributed by atoms with Crippen LogP contribution >= 0.6 is 7.52 Å². The Morgan fingerprint density at radius 2 is 1.75 bits per heavy atom. The second kappa shape index (κ2) is 15.3. The molecule has 2 aromatic heterocycles. The number of carboxylic acids is 2. The van der Waals surface area contributed by atoms with E-state index in [2.05, 4.69) is 20.0 Å². The molecule has 15 nitrogen and oxygen atoms in total. The van der Waals surface area contributed by atoms with Gasteiger partial charge < -0.3 is 34.5 Å². The lowest BCUT2D eigenvalue weighted by Gasteiger charge is -2.25. The van der Waals surface area contributed by atoms with Gasteiger partial charge in [-0.25, -0.2) is 29.6 Å². The van der Waals surface area contributed by atoms with Crippen molar-refractivity contribution in [2.45, 2.75) is 39.5 Å². The molecule has 3 aromatic rings. The van der Waals surface area contributed by atoms with Crippen LogP contribution in [0, 0.1) is 0 Å². The molecule has 0 aliphatic heterocycles. The SMILES string of the molecule is CCOC(=O)[C@H](C)NP(=O)(CO[C@H](C)Cn1cnc2c(N)ncnc21)Oc1ccccc1.O=C(O)/C=C/C(=O)O. The number of para-hydroxylation sites is 1. The average Bonchev–Trinajstić information content (AvgIpc) is 3.31. The van der Waals surface area contributed by atoms with Gasteiger partial charge in [-0.3, -0.25) is 9.36 Å². The molecule has 3 rings (SSSR count). The zero-order valence-electron chi connectivity index (χ0n) is 22.0. The molecule has 1 unspecified atom stereocenters. The van der Waals surface area contributed by atoms with Gasteiger partial charge in [-0.1, -0.05) is 18.2 Å². The van der Waals surface area contributed by atoms with Gasteiger partial charge >= 0.3 is 25.4 Å². The number of fused-ring (bicyclic) bond motifs is 1. The van der Waals surface area contributed by atoms with Gasteiger partial charge in [0, 0.05) is 12.2 Å². The maximum atomic E-state index is 13.5. The largest absolute Gasteiger partial charge is 0.478 e. The molecule has 0 fully saturated rings. The van der Waals surface area contributed by atoms with Crippen LogP contribution in [0.5, 0.6) is 5.75 Å². The topological polar surface area (TPSA) is 218 Å². The van der Waals surface area contributed by atoms with Crippen LogP contribution < -0.4 is 15.3 Å². The van der Waals surface area contributed by atoms with Crippen molar-refractivity contribution in [1.82, 2.24) is 24.6 Å². The number of hydrogen-bond acceptors (Lipinski definition) is 11. The number of carboxylic acid groups (broad SMARTS) is 2. The molecule has 0 aliphatic rings. The highest BCUT2D eigenvalue weighted by Gasteiger charge is 2.31. The summed E-state index contributed by atoms with van der Waals surface area (Å²) < 4.78 is 31.9. The summed E-state index contributed by atoms with van der Waals surface area (Å²) in [7, 11) is -3.62. The second-order valence-corrected chi connectivity index (χ2v) is 10.2. The number of carbonyl (C=O) groups is 3. The molecule has 0 aliphatic carbocycles. The molecule has 5 N–H and O–H groups in total. The molecule has 216 valence electrons. The average molecular weight is 579 g/mol. The molecule has 0 saturated carbocycles. The van der Waals surface area contributed by atoms with E-state index >= 15 is 0 Å². The fourth-order valence-electron chi connectivity index (χ4n) is 3.09. The molecule has 0 bridgehead atoms. The molecule has 3 atom stereocenters. The second-order valence-electron chi connectivity index (χ2n) is 8.12. The Morgan fingerprint density at radius 1 is 1.10 bits per heavy atom. The Bertz CT molecular complexity index is 1350. The highest BCUT2D eigenvalue weighted by molar-refractivity contribution is 7.57. The molecular weight excluding hydrogens is 547 g/mol. The van der Waals surface area contributed by atoms with Crippen LogP contribution in [0.2, 0.25) is 0 Å². The summed E-state index contributed by atoms with van der Waals surface area (Å²) >= 11 is 0. The van der Waals surface area contributed by atoms with Crippen molar-refractivity contribution in [3.8, 4) is 5.75 Å². The van der Waals surface area contributed by atoms with E-state index in [1.807, 2.05) is 13.0 Å². The zero-order valence-corrected chi connectivity index (χ0v) is 22.9. The minimum absolute atomic E-state index is 0.217.